The van der Waals surface area contributed by atoms with Crippen LogP contribution in [0.25, 0.3) is 0 Å². The normalized spacial score (nSPS) is 10.4. The van der Waals surface area contributed by atoms with Gasteiger partial charge in [-0.2, -0.15) is 5.10 Å². The Morgan fingerprint density at radius 1 is 1.11 bits per heavy atom. The predicted molar refractivity (Wildman–Crippen MR) is 72.4 cm³/mol. The molecule has 0 aliphatic carbocycles. The van der Waals surface area contributed by atoms with E-state index in [0.717, 1.165) is 5.56 Å². The van der Waals surface area contributed by atoms with Gasteiger partial charge in [-0.05, 0) is 23.8 Å². The van der Waals surface area contributed by atoms with Crippen LogP contribution in [0.4, 0.5) is 5.69 Å². The number of nitrogen functional groups attached to an aromatic ring is 1. The van der Waals surface area contributed by atoms with Crippen LogP contribution in [-0.4, -0.2) is 12.1 Å². The first kappa shape index (κ1) is 11.9. The molecule has 0 heterocycles. The van der Waals surface area contributed by atoms with Gasteiger partial charge in [0.2, 0.25) is 0 Å². The van der Waals surface area contributed by atoms with Crippen LogP contribution in [0.15, 0.2) is 59.7 Å². The molecule has 0 saturated heterocycles. The topological polar surface area (TPSA) is 67.5 Å². The first-order valence-corrected chi connectivity index (χ1v) is 5.50. The van der Waals surface area contributed by atoms with Crippen molar-refractivity contribution in [2.45, 2.75) is 0 Å². The van der Waals surface area contributed by atoms with E-state index >= 15 is 0 Å². The lowest BCUT2D eigenvalue weighted by atomic mass is 10.2. The lowest BCUT2D eigenvalue weighted by Gasteiger charge is -2.00. The van der Waals surface area contributed by atoms with Crippen molar-refractivity contribution in [2.24, 2.45) is 5.10 Å². The minimum Gasteiger partial charge on any atom is -0.399 e. The van der Waals surface area contributed by atoms with Gasteiger partial charge in [0.15, 0.2) is 0 Å². The molecule has 18 heavy (non-hydrogen) atoms. The SMILES string of the molecule is Nc1cccc(C(=O)N/N=C/c2ccccc2)c1. The lowest BCUT2D eigenvalue weighted by molar-refractivity contribution is 0.0955. The molecule has 3 N–H and O–H groups in total. The standard InChI is InChI=1S/C14H13N3O/c15-13-8-4-7-12(9-13)14(18)17-16-10-11-5-2-1-3-6-11/h1-10H,15H2,(H,17,18)/b16-10+. The number of anilines is 1. The van der Waals surface area contributed by atoms with Gasteiger partial charge in [-0.3, -0.25) is 4.79 Å². The van der Waals surface area contributed by atoms with E-state index in [1.165, 1.54) is 0 Å². The molecule has 0 spiro atoms. The van der Waals surface area contributed by atoms with E-state index < -0.39 is 0 Å². The van der Waals surface area contributed by atoms with Crippen LogP contribution in [-0.2, 0) is 0 Å². The van der Waals surface area contributed by atoms with E-state index in [0.29, 0.717) is 11.3 Å². The zero-order valence-electron chi connectivity index (χ0n) is 9.71. The molecule has 0 fully saturated rings. The molecule has 90 valence electrons. The van der Waals surface area contributed by atoms with Crippen LogP contribution in [0.1, 0.15) is 15.9 Å². The van der Waals surface area contributed by atoms with Crippen molar-refractivity contribution in [2.75, 3.05) is 5.73 Å². The summed E-state index contributed by atoms with van der Waals surface area (Å²) in [6.45, 7) is 0. The van der Waals surface area contributed by atoms with Gasteiger partial charge in [0.1, 0.15) is 0 Å². The molecule has 2 aromatic rings. The molecule has 0 saturated carbocycles. The number of benzene rings is 2. The summed E-state index contributed by atoms with van der Waals surface area (Å²) in [5.41, 5.74) is 10.0. The fourth-order valence-corrected chi connectivity index (χ4v) is 1.45. The number of carbonyl (C=O) groups excluding carboxylic acids is 1. The van der Waals surface area contributed by atoms with Crippen molar-refractivity contribution in [3.63, 3.8) is 0 Å². The maximum absolute atomic E-state index is 11.7. The van der Waals surface area contributed by atoms with Crippen molar-refractivity contribution in [1.82, 2.24) is 5.43 Å². The second-order valence-electron chi connectivity index (χ2n) is 3.74. The average Bonchev–Trinajstić information content (AvgIpc) is 2.40. The van der Waals surface area contributed by atoms with E-state index in [9.17, 15) is 4.79 Å². The summed E-state index contributed by atoms with van der Waals surface area (Å²) in [7, 11) is 0. The van der Waals surface area contributed by atoms with Crippen molar-refractivity contribution in [3.05, 3.63) is 65.7 Å². The Labute approximate surface area is 105 Å². The van der Waals surface area contributed by atoms with Crippen LogP contribution in [0.3, 0.4) is 0 Å². The Kier molecular flexibility index (Phi) is 3.71. The zero-order valence-corrected chi connectivity index (χ0v) is 9.71. The van der Waals surface area contributed by atoms with E-state index in [1.807, 2.05) is 30.3 Å². The molecule has 0 atom stereocenters. The van der Waals surface area contributed by atoms with Crippen molar-refractivity contribution in [3.8, 4) is 0 Å². The van der Waals surface area contributed by atoms with Crippen LogP contribution < -0.4 is 11.2 Å². The maximum atomic E-state index is 11.7. The van der Waals surface area contributed by atoms with Crippen LogP contribution in [0, 0.1) is 0 Å². The van der Waals surface area contributed by atoms with Gasteiger partial charge in [0, 0.05) is 11.3 Å². The third-order valence-electron chi connectivity index (χ3n) is 2.33. The number of carbonyl (C=O) groups is 1. The molecule has 4 nitrogen and oxygen atoms in total. The number of hydrazone groups is 1. The number of nitrogens with two attached hydrogens (primary N) is 1. The maximum Gasteiger partial charge on any atom is 0.271 e. The van der Waals surface area contributed by atoms with Gasteiger partial charge < -0.3 is 5.73 Å². The van der Waals surface area contributed by atoms with Crippen molar-refractivity contribution < 1.29 is 4.79 Å². The molecule has 1 amide bonds. The smallest absolute Gasteiger partial charge is 0.271 e. The number of nitrogens with one attached hydrogen (secondary N) is 1. The summed E-state index contributed by atoms with van der Waals surface area (Å²) in [5, 5.41) is 3.88. The predicted octanol–water partition coefficient (Wildman–Crippen LogP) is 2.03. The minimum absolute atomic E-state index is 0.283. The molecule has 4 heteroatoms. The largest absolute Gasteiger partial charge is 0.399 e. The zero-order chi connectivity index (χ0) is 12.8. The summed E-state index contributed by atoms with van der Waals surface area (Å²) < 4.78 is 0. The molecule has 0 unspecified atom stereocenters. The Bertz CT molecular complexity index is 564. The highest BCUT2D eigenvalue weighted by molar-refractivity contribution is 5.95. The quantitative estimate of drug-likeness (QED) is 0.489. The summed E-state index contributed by atoms with van der Waals surface area (Å²) >= 11 is 0. The fraction of sp³-hybridized carbons (Fsp3) is 0. The van der Waals surface area contributed by atoms with Crippen molar-refractivity contribution >= 4 is 17.8 Å². The third-order valence-corrected chi connectivity index (χ3v) is 2.33. The van der Waals surface area contributed by atoms with Crippen LogP contribution in [0.5, 0.6) is 0 Å². The van der Waals surface area contributed by atoms with E-state index in [1.54, 1.807) is 30.5 Å². The number of hydrogen-bond donors (Lipinski definition) is 2. The molecule has 0 aliphatic rings. The third kappa shape index (κ3) is 3.18. The Morgan fingerprint density at radius 2 is 1.89 bits per heavy atom. The van der Waals surface area contributed by atoms with Crippen LogP contribution in [0.2, 0.25) is 0 Å². The van der Waals surface area contributed by atoms with Gasteiger partial charge in [0.05, 0.1) is 6.21 Å². The average molecular weight is 239 g/mol. The molecular weight excluding hydrogens is 226 g/mol. The van der Waals surface area contributed by atoms with Crippen molar-refractivity contribution in [1.29, 1.82) is 0 Å². The summed E-state index contributed by atoms with van der Waals surface area (Å²) in [4.78, 5) is 11.7. The van der Waals surface area contributed by atoms with Crippen LogP contribution >= 0.6 is 0 Å². The number of rotatable bonds is 3. The molecule has 2 rings (SSSR count). The molecule has 0 aliphatic heterocycles. The van der Waals surface area contributed by atoms with Gasteiger partial charge in [-0.15, -0.1) is 0 Å². The highest BCUT2D eigenvalue weighted by Crippen LogP contribution is 2.05. The lowest BCUT2D eigenvalue weighted by Crippen LogP contribution is -2.17. The number of nitrogens with zero attached hydrogens (tertiary/aromatic N) is 1. The molecular formula is C14H13N3O. The summed E-state index contributed by atoms with van der Waals surface area (Å²) in [6, 6.07) is 16.3. The molecule has 0 bridgehead atoms. The fourth-order valence-electron chi connectivity index (χ4n) is 1.45. The second kappa shape index (κ2) is 5.63. The number of amides is 1. The first-order chi connectivity index (χ1) is 8.75. The highest BCUT2D eigenvalue weighted by Gasteiger charge is 2.03. The van der Waals surface area contributed by atoms with Gasteiger partial charge in [-0.1, -0.05) is 36.4 Å². The van der Waals surface area contributed by atoms with E-state index in [4.69, 9.17) is 5.73 Å². The van der Waals surface area contributed by atoms with Gasteiger partial charge in [0.25, 0.3) is 5.91 Å². The summed E-state index contributed by atoms with van der Waals surface area (Å²) in [6.07, 6.45) is 1.59. The van der Waals surface area contributed by atoms with E-state index in [-0.39, 0.29) is 5.91 Å². The monoisotopic (exact) mass is 239 g/mol. The Morgan fingerprint density at radius 3 is 2.61 bits per heavy atom. The Balaban J connectivity index is 1.99. The first-order valence-electron chi connectivity index (χ1n) is 5.50. The van der Waals surface area contributed by atoms with Gasteiger partial charge in [-0.25, -0.2) is 5.43 Å². The molecule has 0 aromatic heterocycles. The molecule has 0 radical (unpaired) electrons. The minimum atomic E-state index is -0.283. The molecule has 2 aromatic carbocycles. The van der Waals surface area contributed by atoms with E-state index in [2.05, 4.69) is 10.5 Å². The second-order valence-corrected chi connectivity index (χ2v) is 3.74. The Hall–Kier alpha value is -2.62. The number of hydrogen-bond acceptors (Lipinski definition) is 3. The highest BCUT2D eigenvalue weighted by atomic mass is 16.2. The van der Waals surface area contributed by atoms with Gasteiger partial charge >= 0.3 is 0 Å². The summed E-state index contributed by atoms with van der Waals surface area (Å²) in [5.74, 6) is -0.283.